The number of aryl methyl sites for hydroxylation is 2. The maximum Gasteiger partial charge on any atom is 0.110 e. The molecule has 5 heteroatoms. The number of aromatic nitrogens is 2. The summed E-state index contributed by atoms with van der Waals surface area (Å²) in [6.07, 6.45) is 0. The third kappa shape index (κ3) is 1.34. The SMILES string of the molecule is CNc1c(NC)c(C)c2nsnc2c1C. The van der Waals surface area contributed by atoms with Gasteiger partial charge in [-0.2, -0.15) is 8.75 Å². The second-order valence-electron chi connectivity index (χ2n) is 3.46. The molecule has 15 heavy (non-hydrogen) atoms. The van der Waals surface area contributed by atoms with E-state index in [1.807, 2.05) is 14.1 Å². The molecule has 2 aromatic rings. The summed E-state index contributed by atoms with van der Waals surface area (Å²) in [6, 6.07) is 0. The van der Waals surface area contributed by atoms with Crippen molar-refractivity contribution in [2.45, 2.75) is 13.8 Å². The van der Waals surface area contributed by atoms with Gasteiger partial charge in [-0.15, -0.1) is 0 Å². The molecule has 1 heterocycles. The lowest BCUT2D eigenvalue weighted by molar-refractivity contribution is 1.35. The summed E-state index contributed by atoms with van der Waals surface area (Å²) in [4.78, 5) is 0. The fourth-order valence-corrected chi connectivity index (χ4v) is 2.57. The van der Waals surface area contributed by atoms with Crippen molar-refractivity contribution in [3.8, 4) is 0 Å². The number of hydrogen-bond donors (Lipinski definition) is 2. The minimum absolute atomic E-state index is 1.00. The normalized spacial score (nSPS) is 10.7. The fourth-order valence-electron chi connectivity index (χ4n) is 1.92. The third-order valence-corrected chi connectivity index (χ3v) is 3.23. The van der Waals surface area contributed by atoms with E-state index in [-0.39, 0.29) is 0 Å². The molecule has 1 aromatic carbocycles. The second-order valence-corrected chi connectivity index (χ2v) is 3.99. The van der Waals surface area contributed by atoms with Crippen LogP contribution in [0, 0.1) is 13.8 Å². The van der Waals surface area contributed by atoms with Crippen LogP contribution in [0.2, 0.25) is 0 Å². The van der Waals surface area contributed by atoms with E-state index in [0.717, 1.165) is 33.5 Å². The van der Waals surface area contributed by atoms with Crippen LogP contribution in [0.1, 0.15) is 11.1 Å². The van der Waals surface area contributed by atoms with Crippen molar-refractivity contribution in [3.63, 3.8) is 0 Å². The molecule has 0 bridgehead atoms. The Morgan fingerprint density at radius 3 is 1.60 bits per heavy atom. The molecule has 2 N–H and O–H groups in total. The highest BCUT2D eigenvalue weighted by Crippen LogP contribution is 2.35. The van der Waals surface area contributed by atoms with Crippen LogP contribution in [0.15, 0.2) is 0 Å². The summed E-state index contributed by atoms with van der Waals surface area (Å²) in [5.74, 6) is 0. The molecule has 0 saturated carbocycles. The van der Waals surface area contributed by atoms with Gasteiger partial charge in [-0.05, 0) is 13.8 Å². The van der Waals surface area contributed by atoms with E-state index in [9.17, 15) is 0 Å². The van der Waals surface area contributed by atoms with Gasteiger partial charge in [0.2, 0.25) is 0 Å². The number of benzene rings is 1. The molecule has 0 spiro atoms. The Morgan fingerprint density at radius 2 is 1.27 bits per heavy atom. The molecule has 4 nitrogen and oxygen atoms in total. The van der Waals surface area contributed by atoms with Crippen molar-refractivity contribution in [2.75, 3.05) is 24.7 Å². The van der Waals surface area contributed by atoms with Crippen molar-refractivity contribution >= 4 is 34.1 Å². The molecule has 0 saturated heterocycles. The van der Waals surface area contributed by atoms with Gasteiger partial charge in [-0.3, -0.25) is 0 Å². The van der Waals surface area contributed by atoms with Crippen molar-refractivity contribution in [1.29, 1.82) is 0 Å². The first kappa shape index (κ1) is 10.2. The summed E-state index contributed by atoms with van der Waals surface area (Å²) in [6.45, 7) is 4.13. The van der Waals surface area contributed by atoms with E-state index in [1.165, 1.54) is 11.7 Å². The van der Waals surface area contributed by atoms with Crippen LogP contribution >= 0.6 is 11.7 Å². The molecule has 80 valence electrons. The summed E-state index contributed by atoms with van der Waals surface area (Å²) >= 11 is 1.26. The number of anilines is 2. The van der Waals surface area contributed by atoms with Crippen molar-refractivity contribution in [3.05, 3.63) is 11.1 Å². The van der Waals surface area contributed by atoms with E-state index in [2.05, 4.69) is 33.2 Å². The molecule has 0 fully saturated rings. The van der Waals surface area contributed by atoms with Crippen LogP contribution in [0.25, 0.3) is 11.0 Å². The van der Waals surface area contributed by atoms with Gasteiger partial charge in [0.05, 0.1) is 23.1 Å². The first-order valence-electron chi connectivity index (χ1n) is 4.81. The predicted octanol–water partition coefficient (Wildman–Crippen LogP) is 2.39. The van der Waals surface area contributed by atoms with Crippen LogP contribution in [0.5, 0.6) is 0 Å². The monoisotopic (exact) mass is 222 g/mol. The predicted molar refractivity (Wildman–Crippen MR) is 66.0 cm³/mol. The summed E-state index contributed by atoms with van der Waals surface area (Å²) in [5, 5.41) is 6.42. The van der Waals surface area contributed by atoms with Crippen molar-refractivity contribution in [1.82, 2.24) is 8.75 Å². The van der Waals surface area contributed by atoms with E-state index in [0.29, 0.717) is 0 Å². The van der Waals surface area contributed by atoms with Gasteiger partial charge in [-0.1, -0.05) is 0 Å². The van der Waals surface area contributed by atoms with Gasteiger partial charge >= 0.3 is 0 Å². The average molecular weight is 222 g/mol. The Kier molecular flexibility index (Phi) is 2.48. The van der Waals surface area contributed by atoms with E-state index in [4.69, 9.17) is 0 Å². The summed E-state index contributed by atoms with van der Waals surface area (Å²) in [5.41, 5.74) is 6.51. The highest BCUT2D eigenvalue weighted by atomic mass is 32.1. The zero-order valence-electron chi connectivity index (χ0n) is 9.30. The zero-order valence-corrected chi connectivity index (χ0v) is 10.1. The Bertz CT molecular complexity index is 460. The molecule has 0 unspecified atom stereocenters. The molecular weight excluding hydrogens is 208 g/mol. The van der Waals surface area contributed by atoms with Gasteiger partial charge in [0, 0.05) is 25.2 Å². The van der Waals surface area contributed by atoms with Gasteiger partial charge in [0.25, 0.3) is 0 Å². The largest absolute Gasteiger partial charge is 0.386 e. The highest BCUT2D eigenvalue weighted by Gasteiger charge is 2.15. The summed E-state index contributed by atoms with van der Waals surface area (Å²) in [7, 11) is 3.85. The fraction of sp³-hybridized carbons (Fsp3) is 0.400. The molecular formula is C10H14N4S. The quantitative estimate of drug-likeness (QED) is 0.819. The topological polar surface area (TPSA) is 49.8 Å². The average Bonchev–Trinajstić information content (AvgIpc) is 2.72. The van der Waals surface area contributed by atoms with Crippen molar-refractivity contribution < 1.29 is 0 Å². The lowest BCUT2D eigenvalue weighted by Gasteiger charge is -2.15. The minimum atomic E-state index is 1.00. The number of nitrogens with one attached hydrogen (secondary N) is 2. The molecule has 0 aliphatic heterocycles. The number of rotatable bonds is 2. The lowest BCUT2D eigenvalue weighted by Crippen LogP contribution is -2.02. The van der Waals surface area contributed by atoms with Gasteiger partial charge < -0.3 is 10.6 Å². The Balaban J connectivity index is 2.90. The van der Waals surface area contributed by atoms with Crippen LogP contribution in [0.3, 0.4) is 0 Å². The first-order valence-corrected chi connectivity index (χ1v) is 5.54. The Morgan fingerprint density at radius 1 is 0.867 bits per heavy atom. The Hall–Kier alpha value is -1.36. The molecule has 0 atom stereocenters. The lowest BCUT2D eigenvalue weighted by atomic mass is 10.0. The molecule has 0 aliphatic rings. The maximum absolute atomic E-state index is 4.33. The molecule has 0 radical (unpaired) electrons. The molecule has 1 aromatic heterocycles. The van der Waals surface area contributed by atoms with Gasteiger partial charge in [0.1, 0.15) is 11.0 Å². The minimum Gasteiger partial charge on any atom is -0.386 e. The summed E-state index contributed by atoms with van der Waals surface area (Å²) < 4.78 is 8.65. The number of nitrogens with zero attached hydrogens (tertiary/aromatic N) is 2. The number of fused-ring (bicyclic) bond motifs is 1. The van der Waals surface area contributed by atoms with Gasteiger partial charge in [0.15, 0.2) is 0 Å². The van der Waals surface area contributed by atoms with Crippen LogP contribution in [-0.2, 0) is 0 Å². The molecule has 2 rings (SSSR count). The maximum atomic E-state index is 4.33. The molecule has 0 aliphatic carbocycles. The second kappa shape index (κ2) is 3.66. The molecule has 0 amide bonds. The van der Waals surface area contributed by atoms with Crippen molar-refractivity contribution in [2.24, 2.45) is 0 Å². The number of hydrogen-bond acceptors (Lipinski definition) is 5. The standard InChI is InChI=1S/C10H14N4S/c1-5-7(11-3)8(12-4)6(2)10-9(5)13-15-14-10/h11-12H,1-4H3. The smallest absolute Gasteiger partial charge is 0.110 e. The Labute approximate surface area is 93.0 Å². The van der Waals surface area contributed by atoms with Crippen LogP contribution < -0.4 is 10.6 Å². The highest BCUT2D eigenvalue weighted by molar-refractivity contribution is 7.00. The van der Waals surface area contributed by atoms with Gasteiger partial charge in [-0.25, -0.2) is 0 Å². The van der Waals surface area contributed by atoms with Crippen LogP contribution in [-0.4, -0.2) is 22.8 Å². The zero-order chi connectivity index (χ0) is 11.0. The first-order chi connectivity index (χ1) is 7.20. The van der Waals surface area contributed by atoms with E-state index >= 15 is 0 Å². The van der Waals surface area contributed by atoms with E-state index < -0.39 is 0 Å². The van der Waals surface area contributed by atoms with E-state index in [1.54, 1.807) is 0 Å². The van der Waals surface area contributed by atoms with Crippen LogP contribution in [0.4, 0.5) is 11.4 Å². The third-order valence-electron chi connectivity index (χ3n) is 2.70.